The molecule has 2 rings (SSSR count). The molecule has 0 aliphatic carbocycles. The third-order valence-corrected chi connectivity index (χ3v) is 3.63. The fraction of sp³-hybridized carbons (Fsp3) is 0.333. The van der Waals surface area contributed by atoms with Crippen LogP contribution in [-0.2, 0) is 6.42 Å². The van der Waals surface area contributed by atoms with Crippen molar-refractivity contribution in [2.45, 2.75) is 32.8 Å². The molecule has 24 heavy (non-hydrogen) atoms. The Hall–Kier alpha value is -2.11. The van der Waals surface area contributed by atoms with Crippen molar-refractivity contribution >= 4 is 23.4 Å². The first-order valence-electron chi connectivity index (χ1n) is 7.65. The first-order chi connectivity index (χ1) is 11.4. The predicted molar refractivity (Wildman–Crippen MR) is 95.3 cm³/mol. The van der Waals surface area contributed by atoms with Crippen LogP contribution in [0.15, 0.2) is 24.3 Å². The van der Waals surface area contributed by atoms with Crippen molar-refractivity contribution in [3.63, 3.8) is 0 Å². The molecule has 6 heteroatoms. The zero-order valence-corrected chi connectivity index (χ0v) is 14.7. The van der Waals surface area contributed by atoms with Crippen LogP contribution < -0.4 is 4.74 Å². The molecule has 1 heterocycles. The van der Waals surface area contributed by atoms with Crippen LogP contribution in [0.3, 0.4) is 0 Å². The molecule has 5 nitrogen and oxygen atoms in total. The highest BCUT2D eigenvalue weighted by Crippen LogP contribution is 2.23. The Bertz CT molecular complexity index is 745. The third-order valence-electron chi connectivity index (χ3n) is 3.46. The van der Waals surface area contributed by atoms with Gasteiger partial charge >= 0.3 is 0 Å². The summed E-state index contributed by atoms with van der Waals surface area (Å²) in [7, 11) is 1.58. The first kappa shape index (κ1) is 18.2. The number of aryl methyl sites for hydroxylation is 2. The summed E-state index contributed by atoms with van der Waals surface area (Å²) in [6, 6.07) is 7.23. The van der Waals surface area contributed by atoms with Crippen LogP contribution in [0.2, 0.25) is 5.28 Å². The Balaban J connectivity index is 2.31. The number of rotatable bonds is 6. The van der Waals surface area contributed by atoms with Gasteiger partial charge in [-0.15, -0.1) is 0 Å². The fourth-order valence-corrected chi connectivity index (χ4v) is 2.49. The Kier molecular flexibility index (Phi) is 6.17. The van der Waals surface area contributed by atoms with Gasteiger partial charge in [-0.25, -0.2) is 9.97 Å². The molecule has 1 aromatic carbocycles. The maximum atomic E-state index is 10.4. The van der Waals surface area contributed by atoms with Crippen LogP contribution in [0.5, 0.6) is 5.75 Å². The molecule has 0 unspecified atom stereocenters. The zero-order valence-electron chi connectivity index (χ0n) is 14.0. The predicted octanol–water partition coefficient (Wildman–Crippen LogP) is 3.82. The lowest BCUT2D eigenvalue weighted by Crippen LogP contribution is -2.03. The molecule has 2 aromatic rings. The standard InChI is InChI=1S/C18H21ClN2O3/c1-11-6-13(8-16(7-11)24-3)17(23)10-15-9-14(5-4-12(2)22)20-18(19)21-15/h6-10,12,22-23H,4-5H2,1-3H3/b17-10+/t12-/m0/s1. The first-order valence-corrected chi connectivity index (χ1v) is 8.03. The summed E-state index contributed by atoms with van der Waals surface area (Å²) in [5.41, 5.74) is 2.83. The molecule has 0 amide bonds. The number of halogens is 1. The van der Waals surface area contributed by atoms with Crippen LogP contribution in [0.1, 0.15) is 35.9 Å². The minimum atomic E-state index is -0.411. The van der Waals surface area contributed by atoms with Crippen molar-refractivity contribution in [3.05, 3.63) is 52.1 Å². The Morgan fingerprint density at radius 3 is 2.71 bits per heavy atom. The van der Waals surface area contributed by atoms with Gasteiger partial charge in [0.2, 0.25) is 5.28 Å². The quantitative estimate of drug-likeness (QED) is 0.613. The van der Waals surface area contributed by atoms with Crippen LogP contribution in [0.25, 0.3) is 11.8 Å². The number of ether oxygens (including phenoxy) is 1. The second-order valence-electron chi connectivity index (χ2n) is 5.71. The molecule has 128 valence electrons. The van der Waals surface area contributed by atoms with Gasteiger partial charge in [-0.3, -0.25) is 0 Å². The summed E-state index contributed by atoms with van der Waals surface area (Å²) in [5.74, 6) is 0.733. The second-order valence-corrected chi connectivity index (χ2v) is 6.05. The van der Waals surface area contributed by atoms with Gasteiger partial charge in [-0.2, -0.15) is 0 Å². The molecule has 0 radical (unpaired) electrons. The van der Waals surface area contributed by atoms with E-state index in [2.05, 4.69) is 9.97 Å². The summed E-state index contributed by atoms with van der Waals surface area (Å²) in [6.07, 6.45) is 2.29. The molecule has 0 bridgehead atoms. The minimum Gasteiger partial charge on any atom is -0.507 e. The number of methoxy groups -OCH3 is 1. The molecule has 0 aliphatic heterocycles. The zero-order chi connectivity index (χ0) is 17.7. The number of hydrogen-bond acceptors (Lipinski definition) is 5. The fourth-order valence-electron chi connectivity index (χ4n) is 2.28. The van der Waals surface area contributed by atoms with Crippen molar-refractivity contribution < 1.29 is 14.9 Å². The van der Waals surface area contributed by atoms with Crippen LogP contribution in [0.4, 0.5) is 0 Å². The third kappa shape index (κ3) is 5.22. The molecule has 2 N–H and O–H groups in total. The number of aliphatic hydroxyl groups excluding tert-OH is 2. The average molecular weight is 349 g/mol. The minimum absolute atomic E-state index is 0.0632. The smallest absolute Gasteiger partial charge is 0.223 e. The van der Waals surface area contributed by atoms with E-state index in [9.17, 15) is 10.2 Å². The lowest BCUT2D eigenvalue weighted by molar-refractivity contribution is 0.184. The van der Waals surface area contributed by atoms with Gasteiger partial charge in [0.15, 0.2) is 0 Å². The Morgan fingerprint density at radius 2 is 2.04 bits per heavy atom. The molecule has 0 fully saturated rings. The summed E-state index contributed by atoms with van der Waals surface area (Å²) in [6.45, 7) is 3.65. The SMILES string of the molecule is COc1cc(C)cc(/C(O)=C\c2cc(CC[C@H](C)O)nc(Cl)n2)c1. The molecule has 1 atom stereocenters. The van der Waals surface area contributed by atoms with E-state index in [1.165, 1.54) is 6.08 Å². The Labute approximate surface area is 146 Å². The van der Waals surface area contributed by atoms with Crippen molar-refractivity contribution in [1.82, 2.24) is 9.97 Å². The molecule has 0 spiro atoms. The normalized spacial score (nSPS) is 13.0. The Morgan fingerprint density at radius 1 is 1.29 bits per heavy atom. The topological polar surface area (TPSA) is 75.5 Å². The lowest BCUT2D eigenvalue weighted by Gasteiger charge is -2.07. The largest absolute Gasteiger partial charge is 0.507 e. The van der Waals surface area contributed by atoms with Crippen molar-refractivity contribution in [2.24, 2.45) is 0 Å². The van der Waals surface area contributed by atoms with Gasteiger partial charge in [0.25, 0.3) is 0 Å². The van der Waals surface area contributed by atoms with Gasteiger partial charge < -0.3 is 14.9 Å². The van der Waals surface area contributed by atoms with Crippen molar-refractivity contribution in [2.75, 3.05) is 7.11 Å². The maximum absolute atomic E-state index is 10.4. The van der Waals surface area contributed by atoms with Crippen LogP contribution in [0, 0.1) is 6.92 Å². The number of aliphatic hydroxyl groups is 2. The van der Waals surface area contributed by atoms with Gasteiger partial charge in [0.05, 0.1) is 18.9 Å². The van der Waals surface area contributed by atoms with Gasteiger partial charge in [-0.05, 0) is 68.1 Å². The average Bonchev–Trinajstić information content (AvgIpc) is 2.51. The highest BCUT2D eigenvalue weighted by atomic mass is 35.5. The summed E-state index contributed by atoms with van der Waals surface area (Å²) in [4.78, 5) is 8.26. The molecule has 1 aromatic heterocycles. The van der Waals surface area contributed by atoms with Gasteiger partial charge in [0.1, 0.15) is 11.5 Å². The number of nitrogens with zero attached hydrogens (tertiary/aromatic N) is 2. The molecule has 0 saturated carbocycles. The summed E-state index contributed by atoms with van der Waals surface area (Å²) in [5, 5.41) is 19.9. The van der Waals surface area contributed by atoms with Crippen LogP contribution in [-0.4, -0.2) is 33.4 Å². The van der Waals surface area contributed by atoms with E-state index in [1.807, 2.05) is 19.1 Å². The molecule has 0 aliphatic rings. The van der Waals surface area contributed by atoms with E-state index in [0.717, 1.165) is 11.3 Å². The highest BCUT2D eigenvalue weighted by molar-refractivity contribution is 6.28. The number of hydrogen-bond donors (Lipinski definition) is 2. The van der Waals surface area contributed by atoms with Gasteiger partial charge in [-0.1, -0.05) is 0 Å². The van der Waals surface area contributed by atoms with Crippen molar-refractivity contribution in [1.29, 1.82) is 0 Å². The van der Waals surface area contributed by atoms with E-state index in [-0.39, 0.29) is 11.0 Å². The monoisotopic (exact) mass is 348 g/mol. The number of benzene rings is 1. The van der Waals surface area contributed by atoms with Crippen LogP contribution >= 0.6 is 11.6 Å². The van der Waals surface area contributed by atoms with Gasteiger partial charge in [0, 0.05) is 17.3 Å². The maximum Gasteiger partial charge on any atom is 0.223 e. The van der Waals surface area contributed by atoms with E-state index >= 15 is 0 Å². The van der Waals surface area contributed by atoms with E-state index in [0.29, 0.717) is 29.8 Å². The second kappa shape index (κ2) is 8.13. The summed E-state index contributed by atoms with van der Waals surface area (Å²) < 4.78 is 5.22. The van der Waals surface area contributed by atoms with E-state index < -0.39 is 6.10 Å². The molecular formula is C18H21ClN2O3. The summed E-state index contributed by atoms with van der Waals surface area (Å²) >= 11 is 5.95. The molecular weight excluding hydrogens is 328 g/mol. The highest BCUT2D eigenvalue weighted by Gasteiger charge is 2.07. The lowest BCUT2D eigenvalue weighted by atomic mass is 10.1. The molecule has 0 saturated heterocycles. The van der Waals surface area contributed by atoms with E-state index in [4.69, 9.17) is 16.3 Å². The van der Waals surface area contributed by atoms with E-state index in [1.54, 1.807) is 26.2 Å². The number of aromatic nitrogens is 2. The van der Waals surface area contributed by atoms with Crippen molar-refractivity contribution in [3.8, 4) is 5.75 Å².